The zero-order chi connectivity index (χ0) is 20.4. The van der Waals surface area contributed by atoms with Gasteiger partial charge in [-0.3, -0.25) is 4.99 Å². The molecule has 1 aromatic heterocycles. The summed E-state index contributed by atoms with van der Waals surface area (Å²) in [4.78, 5) is 21.9. The van der Waals surface area contributed by atoms with Crippen molar-refractivity contribution in [1.82, 2.24) is 10.3 Å². The van der Waals surface area contributed by atoms with Crippen molar-refractivity contribution < 1.29 is 18.7 Å². The Morgan fingerprint density at radius 2 is 2.17 bits per heavy atom. The fraction of sp³-hybridized carbons (Fsp3) is 0.350. The molecule has 152 valence electrons. The summed E-state index contributed by atoms with van der Waals surface area (Å²) in [6, 6.07) is 3.36. The minimum Gasteiger partial charge on any atom is -0.466 e. The monoisotopic (exact) mass is 435 g/mol. The second-order valence-electron chi connectivity index (χ2n) is 6.71. The van der Waals surface area contributed by atoms with Crippen molar-refractivity contribution in [2.45, 2.75) is 18.9 Å². The Balaban J connectivity index is 1.88. The minimum atomic E-state index is -0.728. The first-order valence-corrected chi connectivity index (χ1v) is 10.4. The summed E-state index contributed by atoms with van der Waals surface area (Å²) in [6.07, 6.45) is 3.22. The van der Waals surface area contributed by atoms with E-state index < -0.39 is 17.8 Å². The van der Waals surface area contributed by atoms with Crippen LogP contribution in [0.5, 0.6) is 0 Å². The molecule has 1 saturated heterocycles. The van der Waals surface area contributed by atoms with E-state index in [0.717, 1.165) is 18.5 Å². The topological polar surface area (TPSA) is 72.8 Å². The molecule has 1 fully saturated rings. The largest absolute Gasteiger partial charge is 0.466 e. The van der Waals surface area contributed by atoms with Crippen LogP contribution in [0.3, 0.4) is 0 Å². The first kappa shape index (κ1) is 20.0. The maximum atomic E-state index is 13.6. The number of esters is 1. The van der Waals surface area contributed by atoms with E-state index in [2.05, 4.69) is 10.3 Å². The van der Waals surface area contributed by atoms with E-state index in [-0.39, 0.29) is 10.9 Å². The highest BCUT2D eigenvalue weighted by atomic mass is 35.5. The van der Waals surface area contributed by atoms with E-state index in [0.29, 0.717) is 35.2 Å². The van der Waals surface area contributed by atoms with Crippen molar-refractivity contribution in [3.63, 3.8) is 0 Å². The van der Waals surface area contributed by atoms with Gasteiger partial charge in [0.25, 0.3) is 0 Å². The van der Waals surface area contributed by atoms with Crippen LogP contribution in [0.15, 0.2) is 46.0 Å². The van der Waals surface area contributed by atoms with Crippen LogP contribution >= 0.6 is 22.9 Å². The van der Waals surface area contributed by atoms with Crippen LogP contribution < -0.4 is 5.32 Å². The van der Waals surface area contributed by atoms with Crippen LogP contribution in [-0.4, -0.2) is 37.1 Å². The molecule has 2 aromatic rings. The first-order chi connectivity index (χ1) is 14.1. The highest BCUT2D eigenvalue weighted by Gasteiger charge is 2.36. The molecule has 2 aliphatic heterocycles. The number of allylic oxidation sites excluding steroid dienone is 1. The maximum Gasteiger partial charge on any atom is 0.338 e. The summed E-state index contributed by atoms with van der Waals surface area (Å²) in [5.41, 5.74) is 1.66. The molecule has 2 aliphatic rings. The number of amidine groups is 1. The summed E-state index contributed by atoms with van der Waals surface area (Å²) in [5.74, 6) is -0.319. The minimum absolute atomic E-state index is 0.0741. The molecule has 6 nitrogen and oxygen atoms in total. The van der Waals surface area contributed by atoms with Crippen LogP contribution in [0.1, 0.15) is 29.5 Å². The third-order valence-electron chi connectivity index (χ3n) is 5.00. The number of methoxy groups -OCH3 is 1. The van der Waals surface area contributed by atoms with Gasteiger partial charge in [0.2, 0.25) is 0 Å². The lowest BCUT2D eigenvalue weighted by Gasteiger charge is -2.33. The van der Waals surface area contributed by atoms with Gasteiger partial charge in [-0.15, -0.1) is 11.3 Å². The number of nitrogens with zero attached hydrogens (tertiary/aromatic N) is 2. The highest BCUT2D eigenvalue weighted by molar-refractivity contribution is 7.11. The molecule has 0 saturated carbocycles. The Hall–Kier alpha value is -2.29. The molecular formula is C20H19ClFN3O3S. The Morgan fingerprint density at radius 1 is 1.38 bits per heavy atom. The number of ether oxygens (including phenoxy) is 2. The summed E-state index contributed by atoms with van der Waals surface area (Å²) in [5, 5.41) is 6.08. The summed E-state index contributed by atoms with van der Waals surface area (Å²) in [7, 11) is 1.33. The van der Waals surface area contributed by atoms with Crippen LogP contribution in [-0.2, 0) is 14.3 Å². The number of rotatable bonds is 4. The second kappa shape index (κ2) is 8.61. The third kappa shape index (κ3) is 4.05. The number of nitrogens with one attached hydrogen (secondary N) is 1. The molecule has 4 rings (SSSR count). The summed E-state index contributed by atoms with van der Waals surface area (Å²) >= 11 is 7.78. The van der Waals surface area contributed by atoms with Crippen LogP contribution in [0.2, 0.25) is 5.02 Å². The predicted molar refractivity (Wildman–Crippen MR) is 109 cm³/mol. The van der Waals surface area contributed by atoms with Gasteiger partial charge in [0.15, 0.2) is 10.8 Å². The number of aliphatic imine (C=N–C) groups is 1. The summed E-state index contributed by atoms with van der Waals surface area (Å²) in [6.45, 7) is 1.21. The van der Waals surface area contributed by atoms with Gasteiger partial charge in [-0.05, 0) is 25.0 Å². The van der Waals surface area contributed by atoms with E-state index >= 15 is 0 Å². The average molecular weight is 436 g/mol. The van der Waals surface area contributed by atoms with Crippen molar-refractivity contribution in [2.75, 3.05) is 20.3 Å². The molecule has 0 radical (unpaired) electrons. The zero-order valence-electron chi connectivity index (χ0n) is 15.7. The van der Waals surface area contributed by atoms with E-state index in [1.807, 2.05) is 5.38 Å². The molecule has 3 heterocycles. The molecular weight excluding hydrogens is 417 g/mol. The number of carbonyl (C=O) groups excluding carboxylic acids is 1. The molecule has 0 spiro atoms. The number of hydrogen-bond acceptors (Lipinski definition) is 7. The molecule has 1 atom stereocenters. The molecule has 0 aliphatic carbocycles. The molecule has 0 bridgehead atoms. The van der Waals surface area contributed by atoms with Crippen LogP contribution in [0.25, 0.3) is 0 Å². The van der Waals surface area contributed by atoms with Gasteiger partial charge in [-0.25, -0.2) is 14.2 Å². The average Bonchev–Trinajstić information content (AvgIpc) is 3.28. The van der Waals surface area contributed by atoms with Crippen molar-refractivity contribution >= 4 is 34.7 Å². The molecule has 9 heteroatoms. The molecule has 1 N–H and O–H groups in total. The molecule has 29 heavy (non-hydrogen) atoms. The van der Waals surface area contributed by atoms with Crippen LogP contribution in [0, 0.1) is 11.7 Å². The van der Waals surface area contributed by atoms with Gasteiger partial charge in [-0.1, -0.05) is 17.7 Å². The third-order valence-corrected chi connectivity index (χ3v) is 6.11. The van der Waals surface area contributed by atoms with Gasteiger partial charge in [-0.2, -0.15) is 0 Å². The lowest BCUT2D eigenvalue weighted by Crippen LogP contribution is -2.38. The van der Waals surface area contributed by atoms with E-state index in [1.54, 1.807) is 12.3 Å². The number of hydrogen-bond donors (Lipinski definition) is 1. The second-order valence-corrected chi connectivity index (χ2v) is 8.02. The van der Waals surface area contributed by atoms with E-state index in [4.69, 9.17) is 26.1 Å². The first-order valence-electron chi connectivity index (χ1n) is 9.18. The van der Waals surface area contributed by atoms with E-state index in [1.165, 1.54) is 30.6 Å². The van der Waals surface area contributed by atoms with Gasteiger partial charge in [0.1, 0.15) is 11.9 Å². The van der Waals surface area contributed by atoms with Gasteiger partial charge in [0.05, 0.1) is 12.7 Å². The fourth-order valence-electron chi connectivity index (χ4n) is 3.61. The van der Waals surface area contributed by atoms with Gasteiger partial charge in [0, 0.05) is 47.0 Å². The standard InChI is InChI=1S/C20H19ClFN3O3S/c1-27-20(26)15-16(11-4-7-28-8-5-11)24-18(19-23-6-9-29-19)25-17(15)13-3-2-12(22)10-14(13)21/h2-3,6,9-11,17H,4-5,7-8H2,1H3,(H,24,25). The molecule has 1 aromatic carbocycles. The van der Waals surface area contributed by atoms with Crippen molar-refractivity contribution in [3.05, 3.63) is 62.5 Å². The van der Waals surface area contributed by atoms with Gasteiger partial charge >= 0.3 is 5.97 Å². The Bertz CT molecular complexity index is 971. The fourth-order valence-corrected chi connectivity index (χ4v) is 4.46. The normalized spacial score (nSPS) is 20.2. The van der Waals surface area contributed by atoms with Gasteiger partial charge < -0.3 is 14.8 Å². The molecule has 0 amide bonds. The Kier molecular flexibility index (Phi) is 5.94. The van der Waals surface area contributed by atoms with Crippen molar-refractivity contribution in [2.24, 2.45) is 10.9 Å². The number of aromatic nitrogens is 1. The number of carbonyl (C=O) groups is 1. The molecule has 1 unspecified atom stereocenters. The highest BCUT2D eigenvalue weighted by Crippen LogP contribution is 2.39. The predicted octanol–water partition coefficient (Wildman–Crippen LogP) is 3.88. The number of thiazole rings is 1. The Morgan fingerprint density at radius 3 is 2.83 bits per heavy atom. The Labute approximate surface area is 176 Å². The van der Waals surface area contributed by atoms with Crippen molar-refractivity contribution in [1.29, 1.82) is 0 Å². The smallest absolute Gasteiger partial charge is 0.338 e. The van der Waals surface area contributed by atoms with E-state index in [9.17, 15) is 9.18 Å². The van der Waals surface area contributed by atoms with Crippen LogP contribution in [0.4, 0.5) is 4.39 Å². The lowest BCUT2D eigenvalue weighted by molar-refractivity contribution is -0.136. The summed E-state index contributed by atoms with van der Waals surface area (Å²) < 4.78 is 24.2. The maximum absolute atomic E-state index is 13.6. The lowest BCUT2D eigenvalue weighted by atomic mass is 9.87. The number of halogens is 2. The number of benzene rings is 1. The zero-order valence-corrected chi connectivity index (χ0v) is 17.2. The van der Waals surface area contributed by atoms with Crippen molar-refractivity contribution in [3.8, 4) is 0 Å². The quantitative estimate of drug-likeness (QED) is 0.738. The SMILES string of the molecule is COC(=O)C1=C(C2CCOCC2)NC(c2nccs2)=NC1c1ccc(F)cc1Cl.